The molecule has 0 aromatic heterocycles. The molecular weight excluding hydrogens is 474 g/mol. The Labute approximate surface area is 193 Å². The van der Waals surface area contributed by atoms with Crippen molar-refractivity contribution in [2.45, 2.75) is 6.04 Å². The first-order valence-electron chi connectivity index (χ1n) is 9.80. The lowest BCUT2D eigenvalue weighted by atomic mass is 9.94. The maximum atomic E-state index is 13.2. The van der Waals surface area contributed by atoms with Gasteiger partial charge in [-0.1, -0.05) is 46.3 Å². The molecule has 162 valence electrons. The van der Waals surface area contributed by atoms with E-state index in [1.54, 1.807) is 72.8 Å². The molecule has 1 aliphatic heterocycles. The van der Waals surface area contributed by atoms with Crippen LogP contribution in [0.5, 0.6) is 11.5 Å². The third-order valence-electron chi connectivity index (χ3n) is 5.33. The van der Waals surface area contributed by atoms with E-state index in [0.29, 0.717) is 28.3 Å². The highest BCUT2D eigenvalue weighted by molar-refractivity contribution is 9.10. The van der Waals surface area contributed by atoms with Crippen LogP contribution < -0.4 is 14.4 Å². The monoisotopic (exact) mass is 493 g/mol. The third kappa shape index (κ3) is 3.76. The van der Waals surface area contributed by atoms with Gasteiger partial charge in [0.05, 0.1) is 25.8 Å². The Bertz CT molecular complexity index is 1200. The zero-order chi connectivity index (χ0) is 22.8. The van der Waals surface area contributed by atoms with Crippen molar-refractivity contribution in [2.24, 2.45) is 0 Å². The molecule has 7 heteroatoms. The number of carbonyl (C=O) groups excluding carboxylic acids is 2. The van der Waals surface area contributed by atoms with E-state index in [2.05, 4.69) is 15.9 Å². The number of hydrogen-bond acceptors (Lipinski definition) is 5. The number of anilines is 1. The van der Waals surface area contributed by atoms with Crippen LogP contribution >= 0.6 is 15.9 Å². The number of hydrogen-bond donors (Lipinski definition) is 1. The van der Waals surface area contributed by atoms with Crippen LogP contribution in [-0.4, -0.2) is 31.0 Å². The Morgan fingerprint density at radius 2 is 1.62 bits per heavy atom. The van der Waals surface area contributed by atoms with Crippen LogP contribution in [0.1, 0.15) is 17.2 Å². The van der Waals surface area contributed by atoms with Gasteiger partial charge in [-0.2, -0.15) is 0 Å². The van der Waals surface area contributed by atoms with Gasteiger partial charge in [-0.15, -0.1) is 0 Å². The van der Waals surface area contributed by atoms with Crippen LogP contribution in [0.25, 0.3) is 5.76 Å². The van der Waals surface area contributed by atoms with Gasteiger partial charge in [0.2, 0.25) is 0 Å². The fourth-order valence-corrected chi connectivity index (χ4v) is 4.05. The van der Waals surface area contributed by atoms with Gasteiger partial charge in [-0.3, -0.25) is 14.5 Å². The summed E-state index contributed by atoms with van der Waals surface area (Å²) in [6.45, 7) is 0. The summed E-state index contributed by atoms with van der Waals surface area (Å²) in [5.74, 6) is -0.747. The summed E-state index contributed by atoms with van der Waals surface area (Å²) in [7, 11) is 3.04. The standard InChI is InChI=1S/C25H20BrNO5/c1-31-18-12-13-19(20(14-18)32-2)22-21(23(28)15-6-4-3-5-7-15)24(29)25(30)27(22)17-10-8-16(26)9-11-17/h3-14,22,28H,1-2H3/b23-21+. The van der Waals surface area contributed by atoms with Gasteiger partial charge in [0.25, 0.3) is 11.7 Å². The lowest BCUT2D eigenvalue weighted by Gasteiger charge is -2.27. The van der Waals surface area contributed by atoms with Gasteiger partial charge >= 0.3 is 0 Å². The highest BCUT2D eigenvalue weighted by Crippen LogP contribution is 2.45. The molecule has 32 heavy (non-hydrogen) atoms. The summed E-state index contributed by atoms with van der Waals surface area (Å²) in [5, 5.41) is 11.1. The van der Waals surface area contributed by atoms with Gasteiger partial charge in [0, 0.05) is 27.4 Å². The molecule has 0 saturated carbocycles. The molecule has 1 N–H and O–H groups in total. The molecule has 1 atom stereocenters. The SMILES string of the molecule is COc1ccc(C2/C(=C(\O)c3ccccc3)C(=O)C(=O)N2c2ccc(Br)cc2)c(OC)c1. The van der Waals surface area contributed by atoms with E-state index in [0.717, 1.165) is 4.47 Å². The summed E-state index contributed by atoms with van der Waals surface area (Å²) in [6, 6.07) is 20.0. The van der Waals surface area contributed by atoms with Crippen molar-refractivity contribution in [1.82, 2.24) is 0 Å². The molecule has 3 aromatic rings. The van der Waals surface area contributed by atoms with E-state index >= 15 is 0 Å². The summed E-state index contributed by atoms with van der Waals surface area (Å²) in [6.07, 6.45) is 0. The number of ether oxygens (including phenoxy) is 2. The lowest BCUT2D eigenvalue weighted by Crippen LogP contribution is -2.29. The number of halogens is 1. The molecule has 0 spiro atoms. The van der Waals surface area contributed by atoms with E-state index < -0.39 is 17.7 Å². The van der Waals surface area contributed by atoms with Crippen LogP contribution in [0, 0.1) is 0 Å². The van der Waals surface area contributed by atoms with Crippen LogP contribution in [0.2, 0.25) is 0 Å². The van der Waals surface area contributed by atoms with Crippen molar-refractivity contribution in [3.05, 3.63) is 94.0 Å². The first-order valence-corrected chi connectivity index (χ1v) is 10.6. The molecule has 1 fully saturated rings. The van der Waals surface area contributed by atoms with Crippen molar-refractivity contribution in [2.75, 3.05) is 19.1 Å². The lowest BCUT2D eigenvalue weighted by molar-refractivity contribution is -0.132. The molecular formula is C25H20BrNO5. The number of Topliss-reactive ketones (excluding diaryl/α,β-unsaturated/α-hetero) is 1. The van der Waals surface area contributed by atoms with Gasteiger partial charge in [0.1, 0.15) is 17.3 Å². The number of aliphatic hydroxyl groups is 1. The first-order chi connectivity index (χ1) is 15.5. The maximum Gasteiger partial charge on any atom is 0.300 e. The van der Waals surface area contributed by atoms with E-state index in [1.165, 1.54) is 19.1 Å². The van der Waals surface area contributed by atoms with Crippen molar-refractivity contribution < 1.29 is 24.2 Å². The minimum absolute atomic E-state index is 0.00687. The average molecular weight is 494 g/mol. The zero-order valence-electron chi connectivity index (χ0n) is 17.4. The molecule has 1 aliphatic rings. The molecule has 0 aliphatic carbocycles. The molecule has 6 nitrogen and oxygen atoms in total. The fourth-order valence-electron chi connectivity index (χ4n) is 3.79. The zero-order valence-corrected chi connectivity index (χ0v) is 19.0. The molecule has 1 amide bonds. The van der Waals surface area contributed by atoms with Crippen molar-refractivity contribution >= 4 is 39.1 Å². The molecule has 4 rings (SSSR count). The molecule has 3 aromatic carbocycles. The number of rotatable bonds is 5. The second kappa shape index (κ2) is 8.88. The van der Waals surface area contributed by atoms with Crippen molar-refractivity contribution in [1.29, 1.82) is 0 Å². The smallest absolute Gasteiger partial charge is 0.300 e. The van der Waals surface area contributed by atoms with Crippen molar-refractivity contribution in [3.63, 3.8) is 0 Å². The number of benzene rings is 3. The summed E-state index contributed by atoms with van der Waals surface area (Å²) >= 11 is 3.39. The Morgan fingerprint density at radius 3 is 2.25 bits per heavy atom. The normalized spacial score (nSPS) is 17.5. The average Bonchev–Trinajstić information content (AvgIpc) is 3.09. The molecule has 1 heterocycles. The highest BCUT2D eigenvalue weighted by Gasteiger charge is 2.48. The van der Waals surface area contributed by atoms with E-state index in [1.807, 2.05) is 0 Å². The summed E-state index contributed by atoms with van der Waals surface area (Å²) in [5.41, 5.74) is 1.50. The molecule has 1 unspecified atom stereocenters. The fraction of sp³-hybridized carbons (Fsp3) is 0.120. The summed E-state index contributed by atoms with van der Waals surface area (Å²) < 4.78 is 11.7. The number of carbonyl (C=O) groups is 2. The van der Waals surface area contributed by atoms with Gasteiger partial charge in [-0.25, -0.2) is 0 Å². The highest BCUT2D eigenvalue weighted by atomic mass is 79.9. The van der Waals surface area contributed by atoms with Gasteiger partial charge in [0.15, 0.2) is 0 Å². The van der Waals surface area contributed by atoms with E-state index in [-0.39, 0.29) is 11.3 Å². The molecule has 0 radical (unpaired) electrons. The predicted molar refractivity (Wildman–Crippen MR) is 125 cm³/mol. The minimum Gasteiger partial charge on any atom is -0.507 e. The Balaban J connectivity index is 1.99. The Morgan fingerprint density at radius 1 is 0.938 bits per heavy atom. The predicted octanol–water partition coefficient (Wildman–Crippen LogP) is 5.09. The maximum absolute atomic E-state index is 13.2. The van der Waals surface area contributed by atoms with E-state index in [4.69, 9.17) is 9.47 Å². The number of amides is 1. The van der Waals surface area contributed by atoms with E-state index in [9.17, 15) is 14.7 Å². The molecule has 0 bridgehead atoms. The quantitative estimate of drug-likeness (QED) is 0.304. The van der Waals surface area contributed by atoms with Crippen LogP contribution in [0.3, 0.4) is 0 Å². The van der Waals surface area contributed by atoms with Crippen LogP contribution in [-0.2, 0) is 9.59 Å². The van der Waals surface area contributed by atoms with Crippen LogP contribution in [0.15, 0.2) is 82.8 Å². The van der Waals surface area contributed by atoms with Gasteiger partial charge < -0.3 is 14.6 Å². The minimum atomic E-state index is -0.891. The largest absolute Gasteiger partial charge is 0.507 e. The number of nitrogens with zero attached hydrogens (tertiary/aromatic N) is 1. The number of methoxy groups -OCH3 is 2. The Hall–Kier alpha value is -3.58. The van der Waals surface area contributed by atoms with Crippen molar-refractivity contribution in [3.8, 4) is 11.5 Å². The third-order valence-corrected chi connectivity index (χ3v) is 5.86. The van der Waals surface area contributed by atoms with Crippen LogP contribution in [0.4, 0.5) is 5.69 Å². The summed E-state index contributed by atoms with van der Waals surface area (Å²) in [4.78, 5) is 27.8. The second-order valence-corrected chi connectivity index (χ2v) is 8.04. The topological polar surface area (TPSA) is 76.1 Å². The van der Waals surface area contributed by atoms with Gasteiger partial charge in [-0.05, 0) is 36.4 Å². The Kier molecular flexibility index (Phi) is 6.01. The number of aliphatic hydroxyl groups excluding tert-OH is 1. The second-order valence-electron chi connectivity index (χ2n) is 7.12. The first kappa shape index (κ1) is 21.6. The molecule has 1 saturated heterocycles. The number of ketones is 1.